The van der Waals surface area contributed by atoms with Crippen LogP contribution in [0.3, 0.4) is 0 Å². The Morgan fingerprint density at radius 2 is 2.03 bits per heavy atom. The highest BCUT2D eigenvalue weighted by molar-refractivity contribution is 6.33. The van der Waals surface area contributed by atoms with Crippen molar-refractivity contribution in [2.75, 3.05) is 6.54 Å². The van der Waals surface area contributed by atoms with Crippen molar-refractivity contribution >= 4 is 11.6 Å². The number of hydrogen-bond acceptors (Lipinski definition) is 5. The van der Waals surface area contributed by atoms with Crippen LogP contribution in [0.4, 0.5) is 0 Å². The van der Waals surface area contributed by atoms with Gasteiger partial charge in [0.1, 0.15) is 0 Å². The van der Waals surface area contributed by atoms with Crippen molar-refractivity contribution in [1.29, 1.82) is 0 Å². The summed E-state index contributed by atoms with van der Waals surface area (Å²) in [5.41, 5.74) is 4.31. The van der Waals surface area contributed by atoms with E-state index >= 15 is 0 Å². The lowest BCUT2D eigenvalue weighted by Crippen LogP contribution is -2.35. The van der Waals surface area contributed by atoms with Crippen LogP contribution < -0.4 is 5.56 Å². The maximum Gasteiger partial charge on any atom is 0.256 e. The number of halogens is 1. The summed E-state index contributed by atoms with van der Waals surface area (Å²) in [6, 6.07) is 15.3. The number of hydrogen-bond donors (Lipinski definition) is 1. The summed E-state index contributed by atoms with van der Waals surface area (Å²) in [6.45, 7) is 2.10. The third kappa shape index (κ3) is 3.67. The zero-order chi connectivity index (χ0) is 20.5. The van der Waals surface area contributed by atoms with Crippen LogP contribution in [-0.2, 0) is 19.5 Å². The molecular formula is C23H19ClN4O2. The van der Waals surface area contributed by atoms with Crippen LogP contribution in [0.5, 0.6) is 0 Å². The Hall–Kier alpha value is -3.22. The molecule has 1 aliphatic heterocycles. The number of H-pyrrole nitrogens is 1. The topological polar surface area (TPSA) is 75.0 Å². The highest BCUT2D eigenvalue weighted by Gasteiger charge is 2.22. The van der Waals surface area contributed by atoms with Crippen molar-refractivity contribution in [2.45, 2.75) is 19.5 Å². The maximum absolute atomic E-state index is 12.6. The number of rotatable bonds is 4. The third-order valence-corrected chi connectivity index (χ3v) is 5.61. The van der Waals surface area contributed by atoms with E-state index in [9.17, 15) is 4.79 Å². The molecule has 1 aliphatic rings. The van der Waals surface area contributed by atoms with Gasteiger partial charge >= 0.3 is 0 Å². The standard InChI is InChI=1S/C23H19ClN4O2/c24-18-5-2-1-4-16(18)19-8-7-15(12-25-19)13-28-10-9-20-17(14-28)23(29)27-22(26-20)21-6-3-11-30-21/h1-8,11-12H,9-10,13-14H2,(H,26,27,29). The molecule has 1 aromatic carbocycles. The Labute approximate surface area is 178 Å². The van der Waals surface area contributed by atoms with Gasteiger partial charge in [0.2, 0.25) is 0 Å². The first-order valence-electron chi connectivity index (χ1n) is 9.75. The molecule has 0 unspecified atom stereocenters. The Kier molecular flexibility index (Phi) is 4.94. The van der Waals surface area contributed by atoms with Gasteiger partial charge in [-0.3, -0.25) is 14.7 Å². The van der Waals surface area contributed by atoms with Crippen LogP contribution in [-0.4, -0.2) is 26.4 Å². The summed E-state index contributed by atoms with van der Waals surface area (Å²) in [4.78, 5) is 26.9. The quantitative estimate of drug-likeness (QED) is 0.534. The van der Waals surface area contributed by atoms with Crippen molar-refractivity contribution in [3.63, 3.8) is 0 Å². The van der Waals surface area contributed by atoms with Crippen LogP contribution in [0.15, 0.2) is 70.2 Å². The molecule has 3 aromatic heterocycles. The number of fused-ring (bicyclic) bond motifs is 1. The number of pyridine rings is 1. The zero-order valence-electron chi connectivity index (χ0n) is 16.1. The molecule has 0 fully saturated rings. The van der Waals surface area contributed by atoms with Gasteiger partial charge in [-0.05, 0) is 29.8 Å². The van der Waals surface area contributed by atoms with E-state index in [1.807, 2.05) is 36.5 Å². The minimum absolute atomic E-state index is 0.108. The number of benzene rings is 1. The predicted octanol–water partition coefficient (Wildman–Crippen LogP) is 4.30. The van der Waals surface area contributed by atoms with E-state index in [-0.39, 0.29) is 5.56 Å². The average Bonchev–Trinajstić information content (AvgIpc) is 3.30. The predicted molar refractivity (Wildman–Crippen MR) is 115 cm³/mol. The fourth-order valence-corrected chi connectivity index (χ4v) is 3.98. The lowest BCUT2D eigenvalue weighted by molar-refractivity contribution is 0.241. The van der Waals surface area contributed by atoms with Gasteiger partial charge in [0.15, 0.2) is 11.6 Å². The van der Waals surface area contributed by atoms with Crippen molar-refractivity contribution < 1.29 is 4.42 Å². The Morgan fingerprint density at radius 1 is 1.13 bits per heavy atom. The smallest absolute Gasteiger partial charge is 0.256 e. The van der Waals surface area contributed by atoms with E-state index in [4.69, 9.17) is 16.0 Å². The summed E-state index contributed by atoms with van der Waals surface area (Å²) in [5.74, 6) is 1.05. The normalized spacial score (nSPS) is 13.9. The molecule has 4 aromatic rings. The molecule has 0 spiro atoms. The van der Waals surface area contributed by atoms with Crippen molar-refractivity contribution in [3.05, 3.63) is 93.2 Å². The first-order valence-corrected chi connectivity index (χ1v) is 10.1. The SMILES string of the molecule is O=c1[nH]c(-c2ccco2)nc2c1CN(Cc1ccc(-c3ccccc3Cl)nc1)CC2. The van der Waals surface area contributed by atoms with Gasteiger partial charge < -0.3 is 9.40 Å². The summed E-state index contributed by atoms with van der Waals surface area (Å²) in [7, 11) is 0. The van der Waals surface area contributed by atoms with Crippen LogP contribution in [0, 0.1) is 0 Å². The second-order valence-corrected chi connectivity index (χ2v) is 7.72. The molecule has 4 heterocycles. The zero-order valence-corrected chi connectivity index (χ0v) is 16.9. The molecule has 7 heteroatoms. The van der Waals surface area contributed by atoms with E-state index in [0.717, 1.165) is 41.0 Å². The molecule has 1 N–H and O–H groups in total. The second kappa shape index (κ2) is 7.89. The van der Waals surface area contributed by atoms with E-state index in [0.29, 0.717) is 29.7 Å². The minimum atomic E-state index is -0.108. The average molecular weight is 419 g/mol. The van der Waals surface area contributed by atoms with Crippen LogP contribution >= 0.6 is 11.6 Å². The fraction of sp³-hybridized carbons (Fsp3) is 0.174. The molecule has 5 rings (SSSR count). The fourth-order valence-electron chi connectivity index (χ4n) is 3.75. The molecule has 150 valence electrons. The molecule has 0 atom stereocenters. The molecule has 0 saturated heterocycles. The van der Waals surface area contributed by atoms with Crippen molar-refractivity contribution in [1.82, 2.24) is 19.9 Å². The van der Waals surface area contributed by atoms with E-state index < -0.39 is 0 Å². The molecule has 0 amide bonds. The first-order chi connectivity index (χ1) is 14.7. The largest absolute Gasteiger partial charge is 0.461 e. The van der Waals surface area contributed by atoms with Gasteiger partial charge in [0.25, 0.3) is 5.56 Å². The van der Waals surface area contributed by atoms with Crippen LogP contribution in [0.1, 0.15) is 16.8 Å². The number of furan rings is 1. The number of nitrogens with zero attached hydrogens (tertiary/aromatic N) is 3. The Bertz CT molecular complexity index is 1230. The van der Waals surface area contributed by atoms with Crippen LogP contribution in [0.2, 0.25) is 5.02 Å². The van der Waals surface area contributed by atoms with Crippen LogP contribution in [0.25, 0.3) is 22.8 Å². The summed E-state index contributed by atoms with van der Waals surface area (Å²) in [5, 5.41) is 0.686. The van der Waals surface area contributed by atoms with Gasteiger partial charge in [-0.15, -0.1) is 0 Å². The second-order valence-electron chi connectivity index (χ2n) is 7.31. The van der Waals surface area contributed by atoms with E-state index in [1.54, 1.807) is 18.4 Å². The van der Waals surface area contributed by atoms with Crippen molar-refractivity contribution in [2.24, 2.45) is 0 Å². The summed E-state index contributed by atoms with van der Waals surface area (Å²) < 4.78 is 5.36. The van der Waals surface area contributed by atoms with E-state index in [1.165, 1.54) is 0 Å². The lowest BCUT2D eigenvalue weighted by atomic mass is 10.1. The molecule has 30 heavy (non-hydrogen) atoms. The van der Waals surface area contributed by atoms with Gasteiger partial charge in [-0.2, -0.15) is 0 Å². The molecule has 6 nitrogen and oxygen atoms in total. The van der Waals surface area contributed by atoms with Gasteiger partial charge in [-0.25, -0.2) is 4.98 Å². The van der Waals surface area contributed by atoms with Crippen molar-refractivity contribution in [3.8, 4) is 22.8 Å². The Balaban J connectivity index is 1.32. The Morgan fingerprint density at radius 3 is 2.80 bits per heavy atom. The number of aromatic amines is 1. The molecule has 0 bridgehead atoms. The van der Waals surface area contributed by atoms with E-state index in [2.05, 4.69) is 25.9 Å². The molecule has 0 saturated carbocycles. The number of aromatic nitrogens is 3. The highest BCUT2D eigenvalue weighted by atomic mass is 35.5. The summed E-state index contributed by atoms with van der Waals surface area (Å²) >= 11 is 6.27. The number of nitrogens with one attached hydrogen (secondary N) is 1. The first kappa shape index (κ1) is 18.8. The molecule has 0 aliphatic carbocycles. The van der Waals surface area contributed by atoms with Gasteiger partial charge in [0.05, 0.1) is 23.2 Å². The third-order valence-electron chi connectivity index (χ3n) is 5.28. The van der Waals surface area contributed by atoms with Gasteiger partial charge in [0, 0.05) is 42.8 Å². The minimum Gasteiger partial charge on any atom is -0.461 e. The highest BCUT2D eigenvalue weighted by Crippen LogP contribution is 2.26. The maximum atomic E-state index is 12.6. The monoisotopic (exact) mass is 418 g/mol. The lowest BCUT2D eigenvalue weighted by Gasteiger charge is -2.27. The van der Waals surface area contributed by atoms with Gasteiger partial charge in [-0.1, -0.05) is 35.9 Å². The summed E-state index contributed by atoms with van der Waals surface area (Å²) in [6.07, 6.45) is 4.16. The molecule has 0 radical (unpaired) electrons. The molecular weight excluding hydrogens is 400 g/mol.